The smallest absolute Gasteiger partial charge is 0.407 e. The number of aryl methyl sites for hydroxylation is 1. The van der Waals surface area contributed by atoms with Gasteiger partial charge in [0.25, 0.3) is 0 Å². The van der Waals surface area contributed by atoms with Crippen molar-refractivity contribution in [1.29, 1.82) is 0 Å². The van der Waals surface area contributed by atoms with Crippen LogP contribution in [0.25, 0.3) is 0 Å². The average Bonchev–Trinajstić information content (AvgIpc) is 2.16. The lowest BCUT2D eigenvalue weighted by atomic mass is 9.92. The van der Waals surface area contributed by atoms with Crippen LogP contribution in [0.3, 0.4) is 0 Å². The summed E-state index contributed by atoms with van der Waals surface area (Å²) in [6.45, 7) is 2.29. The van der Waals surface area contributed by atoms with E-state index in [2.05, 4.69) is 0 Å². The Morgan fingerprint density at radius 1 is 1.50 bits per heavy atom. The van der Waals surface area contributed by atoms with Crippen molar-refractivity contribution >= 4 is 16.1 Å². The molecule has 6 nitrogen and oxygen atoms in total. The van der Waals surface area contributed by atoms with Crippen LogP contribution in [0.1, 0.15) is 23.6 Å². The molecule has 1 atom stereocenters. The van der Waals surface area contributed by atoms with Crippen LogP contribution in [0.5, 0.6) is 0 Å². The van der Waals surface area contributed by atoms with E-state index in [4.69, 9.17) is 10.2 Å². The molecule has 1 aromatic rings. The lowest BCUT2D eigenvalue weighted by Gasteiger charge is -2.39. The van der Waals surface area contributed by atoms with Crippen LogP contribution in [0, 0.1) is 6.92 Å². The maximum Gasteiger partial charge on any atom is 0.407 e. The van der Waals surface area contributed by atoms with Crippen molar-refractivity contribution in [3.8, 4) is 0 Å². The van der Waals surface area contributed by atoms with E-state index in [1.165, 1.54) is 17.0 Å². The quantitative estimate of drug-likeness (QED) is 0.839. The summed E-state index contributed by atoms with van der Waals surface area (Å²) in [6, 6.07) is 4.26. The molecule has 0 radical (unpaired) electrons. The summed E-state index contributed by atoms with van der Waals surface area (Å²) in [5.41, 5.74) is 1.56. The minimum Gasteiger partial charge on any atom is -0.465 e. The van der Waals surface area contributed by atoms with Gasteiger partial charge in [0.05, 0.1) is 10.9 Å². The van der Waals surface area contributed by atoms with Crippen LogP contribution in [0.4, 0.5) is 4.79 Å². The van der Waals surface area contributed by atoms with Gasteiger partial charge in [0.1, 0.15) is 0 Å². The number of hydrogen-bond donors (Lipinski definition) is 2. The van der Waals surface area contributed by atoms with Gasteiger partial charge in [-0.05, 0) is 36.6 Å². The Labute approximate surface area is 105 Å². The standard InChI is InChI=1S/C11H14N2O4S/c1-7-2-3-8(18(12,16)17)6-9(7)10-4-5-13(10)11(14)15/h2-3,6,10H,4-5H2,1H3,(H,14,15)(H2,12,16,17). The summed E-state index contributed by atoms with van der Waals surface area (Å²) >= 11 is 0. The van der Waals surface area contributed by atoms with E-state index >= 15 is 0 Å². The van der Waals surface area contributed by atoms with E-state index in [1.54, 1.807) is 6.07 Å². The van der Waals surface area contributed by atoms with Crippen LogP contribution >= 0.6 is 0 Å². The summed E-state index contributed by atoms with van der Waals surface area (Å²) < 4.78 is 22.6. The van der Waals surface area contributed by atoms with Gasteiger partial charge in [0.15, 0.2) is 0 Å². The summed E-state index contributed by atoms with van der Waals surface area (Å²) in [5.74, 6) is 0. The maximum atomic E-state index is 11.3. The molecular weight excluding hydrogens is 256 g/mol. The third kappa shape index (κ3) is 2.19. The van der Waals surface area contributed by atoms with Crippen molar-refractivity contribution in [2.45, 2.75) is 24.3 Å². The summed E-state index contributed by atoms with van der Waals surface area (Å²) in [6.07, 6.45) is -0.298. The van der Waals surface area contributed by atoms with Gasteiger partial charge >= 0.3 is 6.09 Å². The lowest BCUT2D eigenvalue weighted by Crippen LogP contribution is -2.44. The van der Waals surface area contributed by atoms with E-state index < -0.39 is 16.1 Å². The lowest BCUT2D eigenvalue weighted by molar-refractivity contribution is 0.0750. The first-order valence-electron chi connectivity index (χ1n) is 5.43. The van der Waals surface area contributed by atoms with Gasteiger partial charge in [-0.2, -0.15) is 0 Å². The van der Waals surface area contributed by atoms with Crippen molar-refractivity contribution in [2.75, 3.05) is 6.54 Å². The second-order valence-electron chi connectivity index (χ2n) is 4.34. The van der Waals surface area contributed by atoms with E-state index in [-0.39, 0.29) is 10.9 Å². The SMILES string of the molecule is Cc1ccc(S(N)(=O)=O)cc1C1CCN1C(=O)O. The minimum atomic E-state index is -3.76. The zero-order valence-corrected chi connectivity index (χ0v) is 10.6. The van der Waals surface area contributed by atoms with Crippen molar-refractivity contribution in [3.05, 3.63) is 29.3 Å². The van der Waals surface area contributed by atoms with E-state index in [1.807, 2.05) is 6.92 Å². The highest BCUT2D eigenvalue weighted by Gasteiger charge is 2.34. The molecule has 1 fully saturated rings. The molecule has 98 valence electrons. The molecule has 0 bridgehead atoms. The van der Waals surface area contributed by atoms with E-state index in [9.17, 15) is 13.2 Å². The second-order valence-corrected chi connectivity index (χ2v) is 5.91. The molecule has 1 aromatic carbocycles. The summed E-state index contributed by atoms with van der Waals surface area (Å²) in [4.78, 5) is 12.2. The van der Waals surface area contributed by atoms with Crippen LogP contribution in [-0.2, 0) is 10.0 Å². The van der Waals surface area contributed by atoms with Crippen molar-refractivity contribution in [1.82, 2.24) is 4.90 Å². The Morgan fingerprint density at radius 3 is 2.61 bits per heavy atom. The average molecular weight is 270 g/mol. The van der Waals surface area contributed by atoms with Gasteiger partial charge in [-0.3, -0.25) is 0 Å². The highest BCUT2D eigenvalue weighted by Crippen LogP contribution is 2.35. The fraction of sp³-hybridized carbons (Fsp3) is 0.364. The molecule has 1 aliphatic rings. The topological polar surface area (TPSA) is 101 Å². The molecule has 18 heavy (non-hydrogen) atoms. The Bertz CT molecular complexity index is 597. The molecule has 1 aliphatic heterocycles. The van der Waals surface area contributed by atoms with Crippen molar-refractivity contribution in [3.63, 3.8) is 0 Å². The number of rotatable bonds is 2. The molecule has 0 aromatic heterocycles. The second kappa shape index (κ2) is 4.25. The molecule has 0 aliphatic carbocycles. The number of nitrogens with two attached hydrogens (primary N) is 1. The fourth-order valence-corrected chi connectivity index (χ4v) is 2.64. The van der Waals surface area contributed by atoms with Crippen LogP contribution in [0.2, 0.25) is 0 Å². The molecule has 1 amide bonds. The van der Waals surface area contributed by atoms with Crippen LogP contribution in [-0.4, -0.2) is 31.1 Å². The molecule has 1 heterocycles. The number of primary sulfonamides is 1. The third-order valence-corrected chi connectivity index (χ3v) is 4.11. The number of likely N-dealkylation sites (tertiary alicyclic amines) is 1. The van der Waals surface area contributed by atoms with Crippen LogP contribution < -0.4 is 5.14 Å². The van der Waals surface area contributed by atoms with Gasteiger partial charge in [0.2, 0.25) is 10.0 Å². The molecule has 7 heteroatoms. The number of sulfonamides is 1. The summed E-state index contributed by atoms with van der Waals surface area (Å²) in [7, 11) is -3.76. The minimum absolute atomic E-state index is 0.0142. The van der Waals surface area contributed by atoms with E-state index in [0.717, 1.165) is 5.56 Å². The molecule has 3 N–H and O–H groups in total. The summed E-state index contributed by atoms with van der Waals surface area (Å²) in [5, 5.41) is 14.0. The number of amides is 1. The number of carbonyl (C=O) groups is 1. The Balaban J connectivity index is 2.42. The van der Waals surface area contributed by atoms with Gasteiger partial charge in [0, 0.05) is 6.54 Å². The number of hydrogen-bond acceptors (Lipinski definition) is 3. The first kappa shape index (κ1) is 12.8. The van der Waals surface area contributed by atoms with Gasteiger partial charge in [-0.25, -0.2) is 18.4 Å². The molecule has 0 spiro atoms. The molecule has 1 unspecified atom stereocenters. The highest BCUT2D eigenvalue weighted by atomic mass is 32.2. The molecule has 0 saturated carbocycles. The third-order valence-electron chi connectivity index (χ3n) is 3.20. The first-order valence-corrected chi connectivity index (χ1v) is 6.98. The number of benzene rings is 1. The molecule has 2 rings (SSSR count). The monoisotopic (exact) mass is 270 g/mol. The van der Waals surface area contributed by atoms with Crippen LogP contribution in [0.15, 0.2) is 23.1 Å². The predicted molar refractivity (Wildman–Crippen MR) is 64.6 cm³/mol. The Hall–Kier alpha value is -1.60. The Kier molecular flexibility index (Phi) is 3.04. The van der Waals surface area contributed by atoms with Gasteiger partial charge in [-0.1, -0.05) is 6.07 Å². The maximum absolute atomic E-state index is 11.3. The highest BCUT2D eigenvalue weighted by molar-refractivity contribution is 7.89. The number of carboxylic acid groups (broad SMARTS) is 1. The first-order chi connectivity index (χ1) is 8.30. The van der Waals surface area contributed by atoms with Crippen molar-refractivity contribution in [2.24, 2.45) is 5.14 Å². The van der Waals surface area contributed by atoms with E-state index in [0.29, 0.717) is 18.5 Å². The van der Waals surface area contributed by atoms with Gasteiger partial charge in [-0.15, -0.1) is 0 Å². The zero-order valence-electron chi connectivity index (χ0n) is 9.83. The van der Waals surface area contributed by atoms with Gasteiger partial charge < -0.3 is 10.0 Å². The fourth-order valence-electron chi connectivity index (χ4n) is 2.09. The largest absolute Gasteiger partial charge is 0.465 e. The molecule has 1 saturated heterocycles. The Morgan fingerprint density at radius 2 is 2.17 bits per heavy atom. The number of nitrogens with zero attached hydrogens (tertiary/aromatic N) is 1. The predicted octanol–water partition coefficient (Wildman–Crippen LogP) is 1.07. The van der Waals surface area contributed by atoms with Crippen molar-refractivity contribution < 1.29 is 18.3 Å². The zero-order chi connectivity index (χ0) is 13.5. The normalized spacial score (nSPS) is 19.4. The molecular formula is C11H14N2O4S.